The highest BCUT2D eigenvalue weighted by atomic mass is 16.5. The van der Waals surface area contributed by atoms with Gasteiger partial charge in [-0.2, -0.15) is 5.26 Å². The van der Waals surface area contributed by atoms with Crippen molar-refractivity contribution in [3.63, 3.8) is 0 Å². The van der Waals surface area contributed by atoms with E-state index in [2.05, 4.69) is 18.3 Å². The molecule has 0 fully saturated rings. The molecule has 0 aromatic heterocycles. The summed E-state index contributed by atoms with van der Waals surface area (Å²) in [6.45, 7) is 5.60. The van der Waals surface area contributed by atoms with Crippen molar-refractivity contribution in [3.8, 4) is 17.6 Å². The summed E-state index contributed by atoms with van der Waals surface area (Å²) in [5, 5.41) is 12.5. The molecule has 1 unspecified atom stereocenters. The largest absolute Gasteiger partial charge is 0.497 e. The molecule has 1 atom stereocenters. The third kappa shape index (κ3) is 6.50. The number of unbranched alkanes of at least 4 members (excludes halogenated alkanes) is 1. The Morgan fingerprint density at radius 1 is 1.29 bits per heavy atom. The fourth-order valence-electron chi connectivity index (χ4n) is 2.05. The molecule has 0 aliphatic rings. The van der Waals surface area contributed by atoms with Crippen LogP contribution in [0.2, 0.25) is 0 Å². The molecule has 0 bridgehead atoms. The second-order valence-corrected chi connectivity index (χ2v) is 5.36. The second kappa shape index (κ2) is 9.25. The lowest BCUT2D eigenvalue weighted by Crippen LogP contribution is -2.41. The minimum atomic E-state index is -0.425. The molecule has 0 aliphatic carbocycles. The number of ether oxygens (including phenoxy) is 2. The lowest BCUT2D eigenvalue weighted by Gasteiger charge is -2.22. The molecule has 0 saturated heterocycles. The van der Waals surface area contributed by atoms with E-state index in [1.165, 1.54) is 0 Å². The highest BCUT2D eigenvalue weighted by molar-refractivity contribution is 5.32. The Labute approximate surface area is 128 Å². The van der Waals surface area contributed by atoms with E-state index < -0.39 is 5.54 Å². The van der Waals surface area contributed by atoms with Crippen molar-refractivity contribution in [1.82, 2.24) is 5.32 Å². The van der Waals surface area contributed by atoms with Crippen molar-refractivity contribution < 1.29 is 9.47 Å². The molecule has 1 aromatic carbocycles. The molecule has 116 valence electrons. The molecule has 4 heteroatoms. The molecular formula is C17H26N2O2. The van der Waals surface area contributed by atoms with Crippen molar-refractivity contribution in [2.75, 3.05) is 20.3 Å². The van der Waals surface area contributed by atoms with Gasteiger partial charge >= 0.3 is 0 Å². The lowest BCUT2D eigenvalue weighted by molar-refractivity contribution is 0.293. The molecule has 0 radical (unpaired) electrons. The van der Waals surface area contributed by atoms with Gasteiger partial charge in [-0.05, 0) is 51.3 Å². The van der Waals surface area contributed by atoms with Crippen molar-refractivity contribution >= 4 is 0 Å². The smallest absolute Gasteiger partial charge is 0.122 e. The van der Waals surface area contributed by atoms with E-state index in [9.17, 15) is 5.26 Å². The van der Waals surface area contributed by atoms with E-state index in [-0.39, 0.29) is 0 Å². The lowest BCUT2D eigenvalue weighted by atomic mass is 9.96. The Morgan fingerprint density at radius 2 is 2.05 bits per heavy atom. The van der Waals surface area contributed by atoms with Crippen LogP contribution in [0.1, 0.15) is 39.5 Å². The third-order valence-electron chi connectivity index (χ3n) is 3.39. The van der Waals surface area contributed by atoms with Crippen molar-refractivity contribution in [2.45, 2.75) is 45.1 Å². The summed E-state index contributed by atoms with van der Waals surface area (Å²) in [4.78, 5) is 0. The van der Waals surface area contributed by atoms with Crippen LogP contribution in [-0.2, 0) is 0 Å². The average molecular weight is 290 g/mol. The zero-order chi connectivity index (χ0) is 15.6. The quantitative estimate of drug-likeness (QED) is 0.670. The molecule has 1 aromatic rings. The molecular weight excluding hydrogens is 264 g/mol. The van der Waals surface area contributed by atoms with Gasteiger partial charge < -0.3 is 9.47 Å². The van der Waals surface area contributed by atoms with Crippen molar-refractivity contribution in [1.29, 1.82) is 5.26 Å². The van der Waals surface area contributed by atoms with Crippen LogP contribution in [-0.4, -0.2) is 25.8 Å². The number of hydrogen-bond donors (Lipinski definition) is 1. The Morgan fingerprint density at radius 3 is 2.71 bits per heavy atom. The monoisotopic (exact) mass is 290 g/mol. The average Bonchev–Trinajstić information content (AvgIpc) is 2.53. The van der Waals surface area contributed by atoms with Gasteiger partial charge in [0.25, 0.3) is 0 Å². The molecule has 0 aliphatic heterocycles. The van der Waals surface area contributed by atoms with Crippen LogP contribution >= 0.6 is 0 Å². The summed E-state index contributed by atoms with van der Waals surface area (Å²) < 4.78 is 10.8. The highest BCUT2D eigenvalue weighted by Gasteiger charge is 2.21. The van der Waals surface area contributed by atoms with Crippen LogP contribution in [0.25, 0.3) is 0 Å². The van der Waals surface area contributed by atoms with Crippen LogP contribution in [0.3, 0.4) is 0 Å². The van der Waals surface area contributed by atoms with E-state index in [0.29, 0.717) is 6.61 Å². The summed E-state index contributed by atoms with van der Waals surface area (Å²) in [6, 6.07) is 9.97. The van der Waals surface area contributed by atoms with E-state index in [0.717, 1.165) is 43.7 Å². The van der Waals surface area contributed by atoms with Gasteiger partial charge in [-0.3, -0.25) is 5.32 Å². The predicted molar refractivity (Wildman–Crippen MR) is 84.7 cm³/mol. The van der Waals surface area contributed by atoms with Crippen LogP contribution in [0.15, 0.2) is 24.3 Å². The summed E-state index contributed by atoms with van der Waals surface area (Å²) in [5.41, 5.74) is -0.425. The number of rotatable bonds is 10. The standard InChI is InChI=1S/C17H26N2O2/c1-4-11-19-17(2,14-18)10-5-6-12-21-16-9-7-8-15(13-16)20-3/h7-9,13,19H,4-6,10-12H2,1-3H3. The Bertz CT molecular complexity index is 456. The first-order valence-corrected chi connectivity index (χ1v) is 7.56. The van der Waals surface area contributed by atoms with Gasteiger partial charge in [0, 0.05) is 6.07 Å². The first-order chi connectivity index (χ1) is 10.1. The first-order valence-electron chi connectivity index (χ1n) is 7.56. The number of nitrogens with one attached hydrogen (secondary N) is 1. The van der Waals surface area contributed by atoms with Crippen LogP contribution < -0.4 is 14.8 Å². The maximum atomic E-state index is 9.25. The molecule has 4 nitrogen and oxygen atoms in total. The van der Waals surface area contributed by atoms with Crippen LogP contribution in [0.5, 0.6) is 11.5 Å². The maximum Gasteiger partial charge on any atom is 0.122 e. The third-order valence-corrected chi connectivity index (χ3v) is 3.39. The number of benzene rings is 1. The molecule has 1 rings (SSSR count). The van der Waals surface area contributed by atoms with Gasteiger partial charge in [0.05, 0.1) is 19.8 Å². The first kappa shape index (κ1) is 17.3. The van der Waals surface area contributed by atoms with E-state index >= 15 is 0 Å². The van der Waals surface area contributed by atoms with E-state index in [1.54, 1.807) is 7.11 Å². The summed E-state index contributed by atoms with van der Waals surface area (Å²) >= 11 is 0. The minimum Gasteiger partial charge on any atom is -0.497 e. The topological polar surface area (TPSA) is 54.3 Å². The van der Waals surface area contributed by atoms with Crippen LogP contribution in [0, 0.1) is 11.3 Å². The number of methoxy groups -OCH3 is 1. The second-order valence-electron chi connectivity index (χ2n) is 5.36. The summed E-state index contributed by atoms with van der Waals surface area (Å²) in [7, 11) is 1.64. The Balaban J connectivity index is 2.26. The molecule has 0 saturated carbocycles. The van der Waals surface area contributed by atoms with E-state index in [1.807, 2.05) is 31.2 Å². The van der Waals surface area contributed by atoms with Gasteiger partial charge in [-0.25, -0.2) is 0 Å². The predicted octanol–water partition coefficient (Wildman–Crippen LogP) is 3.53. The molecule has 0 spiro atoms. The summed E-state index contributed by atoms with van der Waals surface area (Å²) in [6.07, 6.45) is 3.77. The minimum absolute atomic E-state index is 0.425. The van der Waals surface area contributed by atoms with Gasteiger partial charge in [-0.15, -0.1) is 0 Å². The van der Waals surface area contributed by atoms with Crippen molar-refractivity contribution in [2.24, 2.45) is 0 Å². The van der Waals surface area contributed by atoms with Gasteiger partial charge in [-0.1, -0.05) is 13.0 Å². The molecule has 21 heavy (non-hydrogen) atoms. The number of nitriles is 1. The highest BCUT2D eigenvalue weighted by Crippen LogP contribution is 2.19. The Hall–Kier alpha value is -1.73. The number of hydrogen-bond acceptors (Lipinski definition) is 4. The maximum absolute atomic E-state index is 9.25. The fraction of sp³-hybridized carbons (Fsp3) is 0.588. The molecule has 0 heterocycles. The summed E-state index contributed by atoms with van der Waals surface area (Å²) in [5.74, 6) is 1.62. The van der Waals surface area contributed by atoms with E-state index in [4.69, 9.17) is 9.47 Å². The molecule has 0 amide bonds. The Kier molecular flexibility index (Phi) is 7.63. The van der Waals surface area contributed by atoms with Gasteiger partial charge in [0.15, 0.2) is 0 Å². The van der Waals surface area contributed by atoms with Gasteiger partial charge in [0.2, 0.25) is 0 Å². The number of nitrogens with zero attached hydrogens (tertiary/aromatic N) is 1. The molecule has 1 N–H and O–H groups in total. The zero-order valence-corrected chi connectivity index (χ0v) is 13.3. The SMILES string of the molecule is CCCNC(C)(C#N)CCCCOc1cccc(OC)c1. The normalized spacial score (nSPS) is 13.2. The fourth-order valence-corrected chi connectivity index (χ4v) is 2.05. The van der Waals surface area contributed by atoms with Crippen LogP contribution in [0.4, 0.5) is 0 Å². The van der Waals surface area contributed by atoms with Crippen molar-refractivity contribution in [3.05, 3.63) is 24.3 Å². The van der Waals surface area contributed by atoms with Gasteiger partial charge in [0.1, 0.15) is 17.0 Å². The zero-order valence-electron chi connectivity index (χ0n) is 13.3.